The minimum atomic E-state index is -0.485. The lowest BCUT2D eigenvalue weighted by Crippen LogP contribution is -2.12. The molecule has 0 atom stereocenters. The van der Waals surface area contributed by atoms with Crippen LogP contribution in [0.4, 0.5) is 4.39 Å². The van der Waals surface area contributed by atoms with E-state index in [0.29, 0.717) is 11.3 Å². The van der Waals surface area contributed by atoms with E-state index in [1.807, 2.05) is 0 Å². The van der Waals surface area contributed by atoms with Crippen molar-refractivity contribution in [3.63, 3.8) is 0 Å². The van der Waals surface area contributed by atoms with Crippen LogP contribution >= 0.6 is 0 Å². The lowest BCUT2D eigenvalue weighted by atomic mass is 10.1. The molecule has 0 amide bonds. The summed E-state index contributed by atoms with van der Waals surface area (Å²) < 4.78 is 23.5. The summed E-state index contributed by atoms with van der Waals surface area (Å²) in [7, 11) is 1.53. The van der Waals surface area contributed by atoms with E-state index in [1.165, 1.54) is 19.2 Å². The van der Waals surface area contributed by atoms with E-state index < -0.39 is 5.82 Å². The number of Topliss-reactive ketones (excluding diaryl/α,β-unsaturated/α-hetero) is 1. The highest BCUT2D eigenvalue weighted by atomic mass is 19.1. The van der Waals surface area contributed by atoms with Crippen LogP contribution in [0.5, 0.6) is 11.5 Å². The Morgan fingerprint density at radius 2 is 1.95 bits per heavy atom. The van der Waals surface area contributed by atoms with Gasteiger partial charge < -0.3 is 9.47 Å². The van der Waals surface area contributed by atoms with Crippen molar-refractivity contribution in [2.75, 3.05) is 13.7 Å². The van der Waals surface area contributed by atoms with Crippen molar-refractivity contribution < 1.29 is 18.7 Å². The Kier molecular flexibility index (Phi) is 4.13. The molecule has 0 spiro atoms. The molecule has 98 valence electrons. The van der Waals surface area contributed by atoms with Crippen LogP contribution < -0.4 is 9.47 Å². The summed E-state index contributed by atoms with van der Waals surface area (Å²) >= 11 is 0. The predicted octanol–water partition coefficient (Wildman–Crippen LogP) is 3.10. The zero-order valence-corrected chi connectivity index (χ0v) is 10.4. The number of halogens is 1. The first-order valence-corrected chi connectivity index (χ1v) is 5.75. The number of rotatable bonds is 5. The van der Waals surface area contributed by atoms with Crippen LogP contribution in [0.2, 0.25) is 0 Å². The van der Waals surface area contributed by atoms with Gasteiger partial charge in [-0.15, -0.1) is 0 Å². The van der Waals surface area contributed by atoms with Crippen LogP contribution in [0.1, 0.15) is 10.4 Å². The maximum Gasteiger partial charge on any atom is 0.200 e. The fourth-order valence-electron chi connectivity index (χ4n) is 1.58. The van der Waals surface area contributed by atoms with Crippen LogP contribution in [-0.4, -0.2) is 19.5 Å². The van der Waals surface area contributed by atoms with Crippen LogP contribution in [-0.2, 0) is 0 Å². The van der Waals surface area contributed by atoms with Crippen molar-refractivity contribution >= 4 is 5.78 Å². The van der Waals surface area contributed by atoms with Gasteiger partial charge in [-0.25, -0.2) is 4.39 Å². The van der Waals surface area contributed by atoms with Gasteiger partial charge in [0.25, 0.3) is 0 Å². The van der Waals surface area contributed by atoms with Crippen molar-refractivity contribution in [3.8, 4) is 11.5 Å². The van der Waals surface area contributed by atoms with Crippen molar-refractivity contribution in [2.24, 2.45) is 0 Å². The van der Waals surface area contributed by atoms with E-state index in [1.54, 1.807) is 36.4 Å². The molecule has 0 N–H and O–H groups in total. The Labute approximate surface area is 110 Å². The third-order valence-electron chi connectivity index (χ3n) is 2.59. The number of methoxy groups -OCH3 is 1. The molecule has 4 heteroatoms. The van der Waals surface area contributed by atoms with Crippen molar-refractivity contribution in [2.45, 2.75) is 0 Å². The highest BCUT2D eigenvalue weighted by Crippen LogP contribution is 2.17. The van der Waals surface area contributed by atoms with Crippen molar-refractivity contribution in [1.82, 2.24) is 0 Å². The van der Waals surface area contributed by atoms with Gasteiger partial charge in [0.05, 0.1) is 7.11 Å². The quantitative estimate of drug-likeness (QED) is 0.775. The molecule has 0 fully saturated rings. The molecule has 2 aromatic rings. The predicted molar refractivity (Wildman–Crippen MR) is 69.2 cm³/mol. The molecule has 0 bridgehead atoms. The molecular formula is C15H13FO3. The molecule has 19 heavy (non-hydrogen) atoms. The molecule has 0 saturated heterocycles. The van der Waals surface area contributed by atoms with Crippen LogP contribution in [0.15, 0.2) is 48.5 Å². The molecule has 0 aliphatic carbocycles. The number of ether oxygens (including phenoxy) is 2. The number of hydrogen-bond acceptors (Lipinski definition) is 3. The number of benzene rings is 2. The molecule has 0 aliphatic heterocycles. The molecule has 0 heterocycles. The highest BCUT2D eigenvalue weighted by molar-refractivity contribution is 5.97. The number of carbonyl (C=O) groups excluding carboxylic acids is 1. The van der Waals surface area contributed by atoms with Crippen LogP contribution in [0.3, 0.4) is 0 Å². The topological polar surface area (TPSA) is 35.5 Å². The summed E-state index contributed by atoms with van der Waals surface area (Å²) in [5.41, 5.74) is 0.468. The largest absolute Gasteiger partial charge is 0.497 e. The third-order valence-corrected chi connectivity index (χ3v) is 2.59. The Hall–Kier alpha value is -2.36. The summed E-state index contributed by atoms with van der Waals surface area (Å²) in [4.78, 5) is 11.9. The van der Waals surface area contributed by atoms with Gasteiger partial charge in [-0.2, -0.15) is 0 Å². The van der Waals surface area contributed by atoms with Gasteiger partial charge in [0.2, 0.25) is 0 Å². The Bertz CT molecular complexity index is 581. The second-order valence-electron chi connectivity index (χ2n) is 3.87. The molecule has 0 aromatic heterocycles. The standard InChI is InChI=1S/C15H13FO3/c1-18-12-6-4-5-11(9-12)14(17)10-19-15-8-3-2-7-13(15)16/h2-9H,10H2,1H3. The molecule has 0 aliphatic rings. The number of ketones is 1. The van der Waals surface area contributed by atoms with Gasteiger partial charge in [-0.1, -0.05) is 24.3 Å². The van der Waals surface area contributed by atoms with Gasteiger partial charge in [0, 0.05) is 5.56 Å². The Morgan fingerprint density at radius 1 is 1.16 bits per heavy atom. The van der Waals surface area contributed by atoms with Gasteiger partial charge >= 0.3 is 0 Å². The maximum absolute atomic E-state index is 13.3. The summed E-state index contributed by atoms with van der Waals surface area (Å²) in [6, 6.07) is 12.7. The Balaban J connectivity index is 2.03. The summed E-state index contributed by atoms with van der Waals surface area (Å²) in [6.45, 7) is -0.214. The van der Waals surface area contributed by atoms with Gasteiger partial charge in [-0.3, -0.25) is 4.79 Å². The first-order valence-electron chi connectivity index (χ1n) is 5.75. The molecule has 0 radical (unpaired) electrons. The van der Waals surface area contributed by atoms with E-state index in [2.05, 4.69) is 0 Å². The maximum atomic E-state index is 13.3. The van der Waals surface area contributed by atoms with Gasteiger partial charge in [0.15, 0.2) is 24.0 Å². The monoisotopic (exact) mass is 260 g/mol. The minimum absolute atomic E-state index is 0.0683. The normalized spacial score (nSPS) is 10.0. The lowest BCUT2D eigenvalue weighted by molar-refractivity contribution is 0.0918. The minimum Gasteiger partial charge on any atom is -0.497 e. The number of hydrogen-bond donors (Lipinski definition) is 0. The molecular weight excluding hydrogens is 247 g/mol. The van der Waals surface area contributed by atoms with E-state index in [4.69, 9.17) is 9.47 Å². The average Bonchev–Trinajstić information content (AvgIpc) is 2.46. The fraction of sp³-hybridized carbons (Fsp3) is 0.133. The summed E-state index contributed by atoms with van der Waals surface area (Å²) in [6.07, 6.45) is 0. The van der Waals surface area contributed by atoms with E-state index in [-0.39, 0.29) is 18.1 Å². The van der Waals surface area contributed by atoms with Crippen molar-refractivity contribution in [3.05, 3.63) is 59.9 Å². The lowest BCUT2D eigenvalue weighted by Gasteiger charge is -2.07. The Morgan fingerprint density at radius 3 is 2.68 bits per heavy atom. The third kappa shape index (κ3) is 3.31. The molecule has 2 rings (SSSR count). The zero-order chi connectivity index (χ0) is 13.7. The van der Waals surface area contributed by atoms with E-state index >= 15 is 0 Å². The smallest absolute Gasteiger partial charge is 0.200 e. The molecule has 3 nitrogen and oxygen atoms in total. The van der Waals surface area contributed by atoms with Gasteiger partial charge in [0.1, 0.15) is 5.75 Å². The van der Waals surface area contributed by atoms with E-state index in [9.17, 15) is 9.18 Å². The average molecular weight is 260 g/mol. The fourth-order valence-corrected chi connectivity index (χ4v) is 1.58. The number of para-hydroxylation sites is 1. The first kappa shape index (κ1) is 13.1. The van der Waals surface area contributed by atoms with Gasteiger partial charge in [-0.05, 0) is 24.3 Å². The van der Waals surface area contributed by atoms with Crippen LogP contribution in [0, 0.1) is 5.82 Å². The number of carbonyl (C=O) groups is 1. The molecule has 0 unspecified atom stereocenters. The zero-order valence-electron chi connectivity index (χ0n) is 10.4. The summed E-state index contributed by atoms with van der Waals surface area (Å²) in [5.74, 6) is -0.0569. The summed E-state index contributed by atoms with van der Waals surface area (Å²) in [5, 5.41) is 0. The van der Waals surface area contributed by atoms with E-state index in [0.717, 1.165) is 0 Å². The van der Waals surface area contributed by atoms with Crippen LogP contribution in [0.25, 0.3) is 0 Å². The second-order valence-corrected chi connectivity index (χ2v) is 3.87. The molecule has 2 aromatic carbocycles. The second kappa shape index (κ2) is 6.00. The highest BCUT2D eigenvalue weighted by Gasteiger charge is 2.09. The molecule has 0 saturated carbocycles. The van der Waals surface area contributed by atoms with Crippen molar-refractivity contribution in [1.29, 1.82) is 0 Å². The SMILES string of the molecule is COc1cccc(C(=O)COc2ccccc2F)c1. The first-order chi connectivity index (χ1) is 9.20.